The van der Waals surface area contributed by atoms with Crippen molar-refractivity contribution in [1.82, 2.24) is 14.8 Å². The molecule has 1 unspecified atom stereocenters. The lowest BCUT2D eigenvalue weighted by molar-refractivity contribution is 0.114. The Bertz CT molecular complexity index is 401. The van der Waals surface area contributed by atoms with Crippen LogP contribution < -0.4 is 0 Å². The van der Waals surface area contributed by atoms with Crippen LogP contribution in [-0.4, -0.2) is 47.0 Å². The Kier molecular flexibility index (Phi) is 4.11. The number of hydrogen-bond donors (Lipinski definition) is 0. The lowest BCUT2D eigenvalue weighted by Gasteiger charge is -2.35. The molecule has 0 spiro atoms. The number of nitrogens with zero attached hydrogens (tertiary/aromatic N) is 4. The van der Waals surface area contributed by atoms with Crippen molar-refractivity contribution >= 4 is 11.3 Å². The van der Waals surface area contributed by atoms with E-state index in [-0.39, 0.29) is 6.04 Å². The van der Waals surface area contributed by atoms with Crippen LogP contribution in [0.15, 0.2) is 5.38 Å². The van der Waals surface area contributed by atoms with E-state index in [4.69, 9.17) is 5.26 Å². The predicted octanol–water partition coefficient (Wildman–Crippen LogP) is 1.48. The van der Waals surface area contributed by atoms with Crippen LogP contribution in [0.3, 0.4) is 0 Å². The van der Waals surface area contributed by atoms with E-state index < -0.39 is 0 Å². The maximum Gasteiger partial charge on any atom is 0.107 e. The van der Waals surface area contributed by atoms with Gasteiger partial charge in [0.1, 0.15) is 5.01 Å². The van der Waals surface area contributed by atoms with E-state index in [1.165, 1.54) is 5.01 Å². The Morgan fingerprint density at radius 2 is 2.18 bits per heavy atom. The Labute approximate surface area is 106 Å². The first-order valence-corrected chi connectivity index (χ1v) is 6.84. The first kappa shape index (κ1) is 12.5. The summed E-state index contributed by atoms with van der Waals surface area (Å²) < 4.78 is 0. The first-order chi connectivity index (χ1) is 8.19. The van der Waals surface area contributed by atoms with Gasteiger partial charge in [-0.1, -0.05) is 0 Å². The average molecular weight is 250 g/mol. The van der Waals surface area contributed by atoms with Crippen molar-refractivity contribution < 1.29 is 0 Å². The highest BCUT2D eigenvalue weighted by Crippen LogP contribution is 2.13. The molecule has 1 saturated heterocycles. The summed E-state index contributed by atoms with van der Waals surface area (Å²) in [7, 11) is 0. The minimum atomic E-state index is 0.0410. The fraction of sp³-hybridized carbons (Fsp3) is 0.667. The molecule has 0 N–H and O–H groups in total. The van der Waals surface area contributed by atoms with Crippen molar-refractivity contribution in [3.8, 4) is 6.07 Å². The number of aryl methyl sites for hydroxylation is 1. The van der Waals surface area contributed by atoms with E-state index >= 15 is 0 Å². The third kappa shape index (κ3) is 3.25. The molecule has 0 bridgehead atoms. The van der Waals surface area contributed by atoms with Crippen LogP contribution in [0.25, 0.3) is 0 Å². The van der Waals surface area contributed by atoms with E-state index in [1.807, 2.05) is 13.8 Å². The molecule has 5 heteroatoms. The standard InChI is InChI=1S/C12H18N4S/c1-10-9-17-12(14-10)8-15-3-5-16(6-4-15)11(2)7-13/h9,11H,3-6,8H2,1-2H3. The largest absolute Gasteiger partial charge is 0.294 e. The fourth-order valence-electron chi connectivity index (χ4n) is 2.06. The van der Waals surface area contributed by atoms with Gasteiger partial charge in [-0.05, 0) is 13.8 Å². The Hall–Kier alpha value is -0.960. The highest BCUT2D eigenvalue weighted by atomic mass is 32.1. The van der Waals surface area contributed by atoms with Crippen molar-refractivity contribution in [1.29, 1.82) is 5.26 Å². The highest BCUT2D eigenvalue weighted by molar-refractivity contribution is 7.09. The molecule has 1 fully saturated rings. The van der Waals surface area contributed by atoms with Crippen molar-refractivity contribution in [2.24, 2.45) is 0 Å². The summed E-state index contributed by atoms with van der Waals surface area (Å²) in [6, 6.07) is 2.34. The summed E-state index contributed by atoms with van der Waals surface area (Å²) >= 11 is 1.74. The first-order valence-electron chi connectivity index (χ1n) is 5.96. The van der Waals surface area contributed by atoms with Crippen LogP contribution in [0.1, 0.15) is 17.6 Å². The van der Waals surface area contributed by atoms with E-state index in [2.05, 4.69) is 26.2 Å². The predicted molar refractivity (Wildman–Crippen MR) is 68.8 cm³/mol. The zero-order valence-corrected chi connectivity index (χ0v) is 11.2. The molecule has 17 heavy (non-hydrogen) atoms. The summed E-state index contributed by atoms with van der Waals surface area (Å²) in [6.45, 7) is 8.99. The van der Waals surface area contributed by atoms with Gasteiger partial charge in [0, 0.05) is 37.3 Å². The molecule has 92 valence electrons. The van der Waals surface area contributed by atoms with Crippen LogP contribution in [0.5, 0.6) is 0 Å². The van der Waals surface area contributed by atoms with E-state index in [1.54, 1.807) is 11.3 Å². The van der Waals surface area contributed by atoms with Crippen LogP contribution >= 0.6 is 11.3 Å². The average Bonchev–Trinajstić information content (AvgIpc) is 2.75. The summed E-state index contributed by atoms with van der Waals surface area (Å²) in [5.41, 5.74) is 1.11. The minimum Gasteiger partial charge on any atom is -0.294 e. The molecule has 1 aromatic heterocycles. The smallest absolute Gasteiger partial charge is 0.107 e. The monoisotopic (exact) mass is 250 g/mol. The third-order valence-corrected chi connectivity index (χ3v) is 4.12. The SMILES string of the molecule is Cc1csc(CN2CCN(C(C)C#N)CC2)n1. The Balaban J connectivity index is 1.82. The molecule has 1 aliphatic heterocycles. The topological polar surface area (TPSA) is 43.2 Å². The summed E-state index contributed by atoms with van der Waals surface area (Å²) in [4.78, 5) is 9.14. The van der Waals surface area contributed by atoms with Gasteiger partial charge in [0.2, 0.25) is 0 Å². The van der Waals surface area contributed by atoms with Gasteiger partial charge in [-0.2, -0.15) is 5.26 Å². The van der Waals surface area contributed by atoms with Gasteiger partial charge < -0.3 is 0 Å². The minimum absolute atomic E-state index is 0.0410. The molecule has 0 amide bonds. The molecule has 0 saturated carbocycles. The number of aromatic nitrogens is 1. The van der Waals surface area contributed by atoms with Gasteiger partial charge in [-0.15, -0.1) is 11.3 Å². The molecule has 0 aliphatic carbocycles. The molecule has 2 heterocycles. The number of piperazine rings is 1. The molecular formula is C12H18N4S. The van der Waals surface area contributed by atoms with Crippen LogP contribution in [0.4, 0.5) is 0 Å². The molecule has 1 atom stereocenters. The van der Waals surface area contributed by atoms with Crippen LogP contribution in [0.2, 0.25) is 0 Å². The molecule has 1 aromatic rings. The molecular weight excluding hydrogens is 232 g/mol. The number of thiazole rings is 1. The summed E-state index contributed by atoms with van der Waals surface area (Å²) in [6.07, 6.45) is 0. The molecule has 1 aliphatic rings. The van der Waals surface area contributed by atoms with Crippen molar-refractivity contribution in [2.45, 2.75) is 26.4 Å². The second-order valence-corrected chi connectivity index (χ2v) is 5.44. The fourth-order valence-corrected chi connectivity index (χ4v) is 2.87. The maximum atomic E-state index is 8.88. The second-order valence-electron chi connectivity index (χ2n) is 4.50. The number of rotatable bonds is 3. The maximum absolute atomic E-state index is 8.88. The zero-order chi connectivity index (χ0) is 12.3. The number of nitriles is 1. The lowest BCUT2D eigenvalue weighted by atomic mass is 10.2. The van der Waals surface area contributed by atoms with Crippen LogP contribution in [-0.2, 0) is 6.54 Å². The Morgan fingerprint density at radius 1 is 1.47 bits per heavy atom. The van der Waals surface area contributed by atoms with Crippen molar-refractivity contribution in [3.63, 3.8) is 0 Å². The van der Waals surface area contributed by atoms with Crippen molar-refractivity contribution in [3.05, 3.63) is 16.1 Å². The van der Waals surface area contributed by atoms with Gasteiger partial charge >= 0.3 is 0 Å². The molecule has 0 radical (unpaired) electrons. The molecule has 0 aromatic carbocycles. The molecule has 2 rings (SSSR count). The van der Waals surface area contributed by atoms with Gasteiger partial charge in [-0.3, -0.25) is 9.80 Å². The van der Waals surface area contributed by atoms with Gasteiger partial charge in [0.25, 0.3) is 0 Å². The van der Waals surface area contributed by atoms with E-state index in [0.717, 1.165) is 38.4 Å². The third-order valence-electron chi connectivity index (χ3n) is 3.17. The van der Waals surface area contributed by atoms with Gasteiger partial charge in [-0.25, -0.2) is 4.98 Å². The lowest BCUT2D eigenvalue weighted by Crippen LogP contribution is -2.48. The summed E-state index contributed by atoms with van der Waals surface area (Å²) in [5.74, 6) is 0. The van der Waals surface area contributed by atoms with Gasteiger partial charge in [0.15, 0.2) is 0 Å². The van der Waals surface area contributed by atoms with Gasteiger partial charge in [0.05, 0.1) is 18.7 Å². The summed E-state index contributed by atoms with van der Waals surface area (Å²) in [5, 5.41) is 12.2. The van der Waals surface area contributed by atoms with Crippen molar-refractivity contribution in [2.75, 3.05) is 26.2 Å². The van der Waals surface area contributed by atoms with Crippen LogP contribution in [0, 0.1) is 18.3 Å². The quantitative estimate of drug-likeness (QED) is 0.815. The second kappa shape index (κ2) is 5.58. The Morgan fingerprint density at radius 3 is 2.71 bits per heavy atom. The normalized spacial score (nSPS) is 20.1. The number of hydrogen-bond acceptors (Lipinski definition) is 5. The zero-order valence-electron chi connectivity index (χ0n) is 10.4. The highest BCUT2D eigenvalue weighted by Gasteiger charge is 2.21. The van der Waals surface area contributed by atoms with E-state index in [0.29, 0.717) is 0 Å². The molecule has 4 nitrogen and oxygen atoms in total. The van der Waals surface area contributed by atoms with E-state index in [9.17, 15) is 0 Å².